The molecule has 0 radical (unpaired) electrons. The molecule has 2 aromatic rings. The number of benzene rings is 1. The third-order valence-corrected chi connectivity index (χ3v) is 5.33. The molecule has 0 spiro atoms. The molecule has 1 saturated carbocycles. The lowest BCUT2D eigenvalue weighted by Crippen LogP contribution is -2.31. The van der Waals surface area contributed by atoms with Gasteiger partial charge in [-0.3, -0.25) is 9.78 Å². The number of carbonyl (C=O) groups is 1. The van der Waals surface area contributed by atoms with E-state index < -0.39 is 5.60 Å². The number of pyridine rings is 1. The Hall–Kier alpha value is -1.62. The second-order valence-corrected chi connectivity index (χ2v) is 7.33. The first-order chi connectivity index (χ1) is 11.5. The first-order valence-electron chi connectivity index (χ1n) is 7.92. The quantitative estimate of drug-likeness (QED) is 0.801. The monoisotopic (exact) mass is 362 g/mol. The summed E-state index contributed by atoms with van der Waals surface area (Å²) in [5.74, 6) is 0.378. The smallest absolute Gasteiger partial charge is 0.184 e. The predicted octanol–water partition coefficient (Wildman–Crippen LogP) is 4.15. The number of fused-ring (bicyclic) bond motifs is 1. The summed E-state index contributed by atoms with van der Waals surface area (Å²) in [5.41, 5.74) is 1.23. The Bertz CT molecular complexity index is 819. The molecule has 1 aromatic heterocycles. The van der Waals surface area contributed by atoms with Gasteiger partial charge >= 0.3 is 0 Å². The number of Topliss-reactive ketones (excluding diaryl/α,β-unsaturated/α-hetero) is 1. The maximum absolute atomic E-state index is 12.6. The van der Waals surface area contributed by atoms with E-state index in [4.69, 9.17) is 23.2 Å². The summed E-state index contributed by atoms with van der Waals surface area (Å²) in [7, 11) is 0. The zero-order chi connectivity index (χ0) is 16.9. The molecule has 24 heavy (non-hydrogen) atoms. The van der Waals surface area contributed by atoms with Crippen molar-refractivity contribution in [2.24, 2.45) is 0 Å². The van der Waals surface area contributed by atoms with Crippen LogP contribution in [0.2, 0.25) is 10.0 Å². The van der Waals surface area contributed by atoms with E-state index in [1.54, 1.807) is 24.4 Å². The Labute approximate surface area is 149 Å². The molecule has 2 aliphatic rings. The van der Waals surface area contributed by atoms with E-state index in [9.17, 15) is 9.90 Å². The predicted molar refractivity (Wildman–Crippen MR) is 94.0 cm³/mol. The Morgan fingerprint density at radius 1 is 1.25 bits per heavy atom. The average molecular weight is 363 g/mol. The number of carbonyl (C=O) groups excluding carboxylic acids is 1. The number of nitrogens with zero attached hydrogens (tertiary/aromatic N) is 1. The highest BCUT2D eigenvalue weighted by Crippen LogP contribution is 2.45. The van der Waals surface area contributed by atoms with Gasteiger partial charge in [0.2, 0.25) is 0 Å². The first-order valence-corrected chi connectivity index (χ1v) is 8.67. The topological polar surface area (TPSA) is 62.2 Å². The minimum atomic E-state index is -1.38. The molecular formula is C18H16Cl2N2O2. The van der Waals surface area contributed by atoms with Crippen molar-refractivity contribution in [1.29, 1.82) is 0 Å². The molecule has 124 valence electrons. The summed E-state index contributed by atoms with van der Waals surface area (Å²) in [6.07, 6.45) is 4.05. The zero-order valence-electron chi connectivity index (χ0n) is 12.9. The Kier molecular flexibility index (Phi) is 3.79. The molecule has 1 atom stereocenters. The van der Waals surface area contributed by atoms with Gasteiger partial charge in [-0.1, -0.05) is 29.3 Å². The molecule has 6 heteroatoms. The third kappa shape index (κ3) is 2.69. The minimum Gasteiger partial charge on any atom is -0.383 e. The molecule has 1 fully saturated rings. The first kappa shape index (κ1) is 15.9. The molecule has 1 aromatic carbocycles. The molecule has 4 nitrogen and oxygen atoms in total. The van der Waals surface area contributed by atoms with E-state index in [0.717, 1.165) is 0 Å². The van der Waals surface area contributed by atoms with E-state index >= 15 is 0 Å². The fourth-order valence-electron chi connectivity index (χ4n) is 3.24. The fourth-order valence-corrected chi connectivity index (χ4v) is 3.80. The Balaban J connectivity index is 1.59. The molecule has 0 bridgehead atoms. The maximum atomic E-state index is 12.6. The SMILES string of the molecule is O=C(CC1(O)CNc2c(Cl)ccc(Cl)c21)c1ccc(C2CC2)cn1. The Morgan fingerprint density at radius 3 is 2.67 bits per heavy atom. The third-order valence-electron chi connectivity index (χ3n) is 4.70. The van der Waals surface area contributed by atoms with Crippen LogP contribution in [0.3, 0.4) is 0 Å². The number of nitrogens with one attached hydrogen (secondary N) is 1. The second-order valence-electron chi connectivity index (χ2n) is 6.52. The zero-order valence-corrected chi connectivity index (χ0v) is 14.4. The van der Waals surface area contributed by atoms with Crippen molar-refractivity contribution < 1.29 is 9.90 Å². The number of anilines is 1. The van der Waals surface area contributed by atoms with Crippen LogP contribution < -0.4 is 5.32 Å². The number of aliphatic hydroxyl groups is 1. The molecule has 2 N–H and O–H groups in total. The highest BCUT2D eigenvalue weighted by Gasteiger charge is 2.42. The number of rotatable bonds is 4. The van der Waals surface area contributed by atoms with Crippen LogP contribution in [0.15, 0.2) is 30.5 Å². The van der Waals surface area contributed by atoms with Crippen molar-refractivity contribution in [3.8, 4) is 0 Å². The van der Waals surface area contributed by atoms with Crippen LogP contribution in [0.25, 0.3) is 0 Å². The molecule has 1 aliphatic heterocycles. The molecule has 0 saturated heterocycles. The lowest BCUT2D eigenvalue weighted by Gasteiger charge is -2.22. The van der Waals surface area contributed by atoms with Gasteiger partial charge < -0.3 is 10.4 Å². The molecule has 1 aliphatic carbocycles. The van der Waals surface area contributed by atoms with Gasteiger partial charge in [0.1, 0.15) is 11.3 Å². The van der Waals surface area contributed by atoms with Crippen LogP contribution in [-0.4, -0.2) is 22.4 Å². The largest absolute Gasteiger partial charge is 0.383 e. The standard InChI is InChI=1S/C18H16Cl2N2O2/c19-12-4-5-13(20)17-16(12)18(24,9-22-17)7-15(23)14-6-3-11(8-21-14)10-1-2-10/h3-6,8,10,22,24H,1-2,7,9H2. The van der Waals surface area contributed by atoms with E-state index in [2.05, 4.69) is 10.3 Å². The number of hydrogen-bond acceptors (Lipinski definition) is 4. The van der Waals surface area contributed by atoms with Crippen LogP contribution in [0.1, 0.15) is 46.8 Å². The minimum absolute atomic E-state index is 0.0944. The van der Waals surface area contributed by atoms with Crippen LogP contribution in [-0.2, 0) is 5.60 Å². The van der Waals surface area contributed by atoms with Crippen LogP contribution in [0, 0.1) is 0 Å². The summed E-state index contributed by atoms with van der Waals surface area (Å²) in [6.45, 7) is 0.192. The highest BCUT2D eigenvalue weighted by molar-refractivity contribution is 6.36. The number of halogens is 2. The van der Waals surface area contributed by atoms with Crippen molar-refractivity contribution in [2.45, 2.75) is 30.8 Å². The molecule has 2 heterocycles. The summed E-state index contributed by atoms with van der Waals surface area (Å²) < 4.78 is 0. The van der Waals surface area contributed by atoms with E-state index in [0.29, 0.717) is 32.9 Å². The lowest BCUT2D eigenvalue weighted by molar-refractivity contribution is 0.0436. The molecular weight excluding hydrogens is 347 g/mol. The van der Waals surface area contributed by atoms with Crippen LogP contribution in [0.4, 0.5) is 5.69 Å². The summed E-state index contributed by atoms with van der Waals surface area (Å²) in [6, 6.07) is 6.99. The summed E-state index contributed by atoms with van der Waals surface area (Å²) >= 11 is 12.4. The number of aromatic nitrogens is 1. The normalized spacial score (nSPS) is 22.1. The van der Waals surface area contributed by atoms with Gasteiger partial charge in [0.05, 0.1) is 10.7 Å². The van der Waals surface area contributed by atoms with E-state index in [1.165, 1.54) is 18.4 Å². The highest BCUT2D eigenvalue weighted by atomic mass is 35.5. The van der Waals surface area contributed by atoms with Crippen molar-refractivity contribution in [3.05, 3.63) is 57.3 Å². The van der Waals surface area contributed by atoms with Crippen molar-refractivity contribution in [1.82, 2.24) is 4.98 Å². The van der Waals surface area contributed by atoms with Gasteiger partial charge in [-0.25, -0.2) is 0 Å². The number of ketones is 1. The van der Waals surface area contributed by atoms with Gasteiger partial charge in [-0.2, -0.15) is 0 Å². The number of hydrogen-bond donors (Lipinski definition) is 2. The van der Waals surface area contributed by atoms with Gasteiger partial charge in [-0.15, -0.1) is 0 Å². The maximum Gasteiger partial charge on any atom is 0.184 e. The van der Waals surface area contributed by atoms with Crippen LogP contribution >= 0.6 is 23.2 Å². The lowest BCUT2D eigenvalue weighted by atomic mass is 9.89. The molecule has 1 unspecified atom stereocenters. The van der Waals surface area contributed by atoms with Gasteiger partial charge in [0, 0.05) is 29.7 Å². The van der Waals surface area contributed by atoms with Crippen molar-refractivity contribution in [2.75, 3.05) is 11.9 Å². The van der Waals surface area contributed by atoms with Crippen molar-refractivity contribution in [3.63, 3.8) is 0 Å². The van der Waals surface area contributed by atoms with E-state index in [-0.39, 0.29) is 18.7 Å². The fraction of sp³-hybridized carbons (Fsp3) is 0.333. The van der Waals surface area contributed by atoms with E-state index in [1.807, 2.05) is 6.07 Å². The van der Waals surface area contributed by atoms with Gasteiger partial charge in [0.25, 0.3) is 0 Å². The average Bonchev–Trinajstić information content (AvgIpc) is 3.35. The number of β-amino-alcohol motifs (C(OH)–C–C–N with tert-alkyl or cyclic N) is 1. The summed E-state index contributed by atoms with van der Waals surface area (Å²) in [4.78, 5) is 16.9. The van der Waals surface area contributed by atoms with Gasteiger partial charge in [0.15, 0.2) is 5.78 Å². The van der Waals surface area contributed by atoms with Crippen molar-refractivity contribution >= 4 is 34.7 Å². The van der Waals surface area contributed by atoms with Gasteiger partial charge in [-0.05, 0) is 42.5 Å². The summed E-state index contributed by atoms with van der Waals surface area (Å²) in [5, 5.41) is 14.9. The second kappa shape index (κ2) is 5.73. The Morgan fingerprint density at radius 2 is 2.00 bits per heavy atom. The molecule has 0 amide bonds. The molecule has 4 rings (SSSR count). The van der Waals surface area contributed by atoms with Crippen LogP contribution in [0.5, 0.6) is 0 Å².